The SMILES string of the molecule is CC(C)CC(NC(=O)C(Cc1c[nH]c2ccccc12)NC(=O)C(N)CS)C(=O)NC(CCCN=C(N)N)C(=O)O. The zero-order valence-corrected chi connectivity index (χ0v) is 23.6. The van der Waals surface area contributed by atoms with Crippen LogP contribution in [0.5, 0.6) is 0 Å². The first-order chi connectivity index (χ1) is 18.9. The molecule has 4 unspecified atom stereocenters. The third kappa shape index (κ3) is 10.1. The van der Waals surface area contributed by atoms with E-state index >= 15 is 0 Å². The third-order valence-corrected chi connectivity index (χ3v) is 6.56. The number of H-pyrrole nitrogens is 1. The quantitative estimate of drug-likeness (QED) is 0.0551. The summed E-state index contributed by atoms with van der Waals surface area (Å²) < 4.78 is 0. The highest BCUT2D eigenvalue weighted by Crippen LogP contribution is 2.19. The first-order valence-corrected chi connectivity index (χ1v) is 13.7. The molecule has 0 aliphatic heterocycles. The van der Waals surface area contributed by atoms with Crippen LogP contribution in [-0.2, 0) is 25.6 Å². The summed E-state index contributed by atoms with van der Waals surface area (Å²) in [6, 6.07) is 3.27. The highest BCUT2D eigenvalue weighted by Gasteiger charge is 2.31. The van der Waals surface area contributed by atoms with E-state index in [4.69, 9.17) is 17.2 Å². The van der Waals surface area contributed by atoms with E-state index in [0.29, 0.717) is 6.42 Å². The van der Waals surface area contributed by atoms with Crippen molar-refractivity contribution in [2.75, 3.05) is 12.3 Å². The van der Waals surface area contributed by atoms with Crippen LogP contribution in [0.15, 0.2) is 35.5 Å². The lowest BCUT2D eigenvalue weighted by Crippen LogP contribution is -2.58. The number of nitrogens with one attached hydrogen (secondary N) is 4. The molecular formula is C26H40N8O5S. The average molecular weight is 577 g/mol. The van der Waals surface area contributed by atoms with Crippen LogP contribution < -0.4 is 33.2 Å². The van der Waals surface area contributed by atoms with E-state index in [1.807, 2.05) is 38.1 Å². The number of fused-ring (bicyclic) bond motifs is 1. The number of hydrogen-bond acceptors (Lipinski definition) is 7. The summed E-state index contributed by atoms with van der Waals surface area (Å²) in [5.74, 6) is -3.10. The van der Waals surface area contributed by atoms with E-state index in [1.165, 1.54) is 0 Å². The number of rotatable bonds is 16. The van der Waals surface area contributed by atoms with Crippen LogP contribution in [0.4, 0.5) is 0 Å². The summed E-state index contributed by atoms with van der Waals surface area (Å²) in [5.41, 5.74) is 18.1. The number of guanidine groups is 1. The molecule has 1 heterocycles. The molecule has 0 aliphatic carbocycles. The van der Waals surface area contributed by atoms with Crippen molar-refractivity contribution in [3.8, 4) is 0 Å². The zero-order valence-electron chi connectivity index (χ0n) is 22.7. The molecule has 0 saturated heterocycles. The van der Waals surface area contributed by atoms with E-state index in [9.17, 15) is 24.3 Å². The first kappa shape index (κ1) is 32.4. The molecule has 1 aromatic carbocycles. The van der Waals surface area contributed by atoms with Crippen molar-refractivity contribution in [2.45, 2.75) is 63.7 Å². The van der Waals surface area contributed by atoms with Crippen molar-refractivity contribution in [1.82, 2.24) is 20.9 Å². The molecular weight excluding hydrogens is 536 g/mol. The van der Waals surface area contributed by atoms with Gasteiger partial charge in [-0.15, -0.1) is 0 Å². The van der Waals surface area contributed by atoms with Crippen LogP contribution in [0.3, 0.4) is 0 Å². The maximum atomic E-state index is 13.5. The fourth-order valence-corrected chi connectivity index (χ4v) is 4.27. The molecule has 0 saturated carbocycles. The lowest BCUT2D eigenvalue weighted by atomic mass is 10.00. The second kappa shape index (κ2) is 15.7. The normalized spacial score (nSPS) is 14.1. The van der Waals surface area contributed by atoms with Crippen molar-refractivity contribution in [2.24, 2.45) is 28.1 Å². The molecule has 0 radical (unpaired) electrons. The highest BCUT2D eigenvalue weighted by atomic mass is 32.1. The summed E-state index contributed by atoms with van der Waals surface area (Å²) in [6.07, 6.45) is 2.52. The number of nitrogens with zero attached hydrogens (tertiary/aromatic N) is 1. The van der Waals surface area contributed by atoms with Gasteiger partial charge in [0.05, 0.1) is 6.04 Å². The largest absolute Gasteiger partial charge is 0.480 e. The molecule has 220 valence electrons. The number of aromatic amines is 1. The fraction of sp³-hybridized carbons (Fsp3) is 0.500. The van der Waals surface area contributed by atoms with Crippen LogP contribution in [0.2, 0.25) is 0 Å². The minimum atomic E-state index is -1.22. The van der Waals surface area contributed by atoms with Gasteiger partial charge < -0.3 is 43.2 Å². The Morgan fingerprint density at radius 3 is 2.25 bits per heavy atom. The minimum absolute atomic E-state index is 0.0135. The Morgan fingerprint density at radius 2 is 1.62 bits per heavy atom. The van der Waals surface area contributed by atoms with Gasteiger partial charge in [-0.3, -0.25) is 19.4 Å². The zero-order chi connectivity index (χ0) is 29.8. The van der Waals surface area contributed by atoms with Crippen molar-refractivity contribution >= 4 is 53.2 Å². The van der Waals surface area contributed by atoms with Gasteiger partial charge in [0, 0.05) is 35.8 Å². The van der Waals surface area contributed by atoms with Crippen LogP contribution >= 0.6 is 12.6 Å². The molecule has 0 fully saturated rings. The van der Waals surface area contributed by atoms with Crippen LogP contribution in [0, 0.1) is 5.92 Å². The molecule has 2 aromatic rings. The lowest BCUT2D eigenvalue weighted by Gasteiger charge is -2.26. The smallest absolute Gasteiger partial charge is 0.326 e. The molecule has 3 amide bonds. The van der Waals surface area contributed by atoms with Crippen molar-refractivity contribution in [3.63, 3.8) is 0 Å². The molecule has 4 atom stereocenters. The number of carboxylic acids is 1. The number of amides is 3. The number of carboxylic acid groups (broad SMARTS) is 1. The van der Waals surface area contributed by atoms with E-state index in [2.05, 4.69) is 38.6 Å². The summed E-state index contributed by atoms with van der Waals surface area (Å²) in [4.78, 5) is 58.1. The molecule has 11 N–H and O–H groups in total. The first-order valence-electron chi connectivity index (χ1n) is 13.0. The maximum absolute atomic E-state index is 13.5. The van der Waals surface area contributed by atoms with E-state index in [1.54, 1.807) is 6.20 Å². The Kier molecular flexibility index (Phi) is 12.7. The number of para-hydroxylation sites is 1. The molecule has 0 spiro atoms. The van der Waals surface area contributed by atoms with Gasteiger partial charge in [0.2, 0.25) is 17.7 Å². The summed E-state index contributed by atoms with van der Waals surface area (Å²) in [5, 5.41) is 18.4. The van der Waals surface area contributed by atoms with Crippen molar-refractivity contribution < 1.29 is 24.3 Å². The van der Waals surface area contributed by atoms with E-state index in [-0.39, 0.29) is 43.4 Å². The molecule has 0 bridgehead atoms. The third-order valence-electron chi connectivity index (χ3n) is 6.17. The summed E-state index contributed by atoms with van der Waals surface area (Å²) in [6.45, 7) is 3.94. The van der Waals surface area contributed by atoms with Crippen molar-refractivity contribution in [1.29, 1.82) is 0 Å². The number of benzene rings is 1. The predicted molar refractivity (Wildman–Crippen MR) is 157 cm³/mol. The van der Waals surface area contributed by atoms with Crippen LogP contribution in [0.25, 0.3) is 10.9 Å². The highest BCUT2D eigenvalue weighted by molar-refractivity contribution is 7.80. The monoisotopic (exact) mass is 576 g/mol. The van der Waals surface area contributed by atoms with Gasteiger partial charge in [-0.25, -0.2) is 4.79 Å². The van der Waals surface area contributed by atoms with Gasteiger partial charge in [-0.05, 0) is 36.8 Å². The summed E-state index contributed by atoms with van der Waals surface area (Å²) in [7, 11) is 0. The number of aliphatic imine (C=N–C) groups is 1. The second-order valence-corrected chi connectivity index (χ2v) is 10.3. The molecule has 14 heteroatoms. The molecule has 2 rings (SSSR count). The molecule has 0 aliphatic rings. The van der Waals surface area contributed by atoms with Gasteiger partial charge in [0.25, 0.3) is 0 Å². The minimum Gasteiger partial charge on any atom is -0.480 e. The summed E-state index contributed by atoms with van der Waals surface area (Å²) >= 11 is 4.06. The van der Waals surface area contributed by atoms with E-state index < -0.39 is 47.9 Å². The Hall–Kier alpha value is -3.78. The number of carbonyl (C=O) groups excluding carboxylic acids is 3. The van der Waals surface area contributed by atoms with Crippen molar-refractivity contribution in [3.05, 3.63) is 36.0 Å². The lowest BCUT2D eigenvalue weighted by molar-refractivity contribution is -0.142. The molecule has 40 heavy (non-hydrogen) atoms. The maximum Gasteiger partial charge on any atom is 0.326 e. The topological polar surface area (TPSA) is 231 Å². The van der Waals surface area contributed by atoms with Gasteiger partial charge in [0.1, 0.15) is 18.1 Å². The predicted octanol–water partition coefficient (Wildman–Crippen LogP) is -0.394. The second-order valence-electron chi connectivity index (χ2n) is 9.95. The fourth-order valence-electron chi connectivity index (χ4n) is 4.10. The van der Waals surface area contributed by atoms with Gasteiger partial charge in [-0.1, -0.05) is 32.0 Å². The Bertz CT molecular complexity index is 1200. The van der Waals surface area contributed by atoms with Gasteiger partial charge in [0.15, 0.2) is 5.96 Å². The number of aromatic nitrogens is 1. The number of nitrogens with two attached hydrogens (primary N) is 3. The number of carbonyl (C=O) groups is 4. The number of aliphatic carboxylic acids is 1. The Morgan fingerprint density at radius 1 is 1.00 bits per heavy atom. The van der Waals surface area contributed by atoms with Gasteiger partial charge >= 0.3 is 5.97 Å². The Balaban J connectivity index is 2.23. The average Bonchev–Trinajstić information content (AvgIpc) is 3.31. The van der Waals surface area contributed by atoms with Gasteiger partial charge in [-0.2, -0.15) is 12.6 Å². The molecule has 13 nitrogen and oxygen atoms in total. The Labute approximate surface area is 238 Å². The number of thiol groups is 1. The van der Waals surface area contributed by atoms with E-state index in [0.717, 1.165) is 16.5 Å². The molecule has 1 aromatic heterocycles. The van der Waals surface area contributed by atoms with Crippen LogP contribution in [-0.4, -0.2) is 76.2 Å². The van der Waals surface area contributed by atoms with Crippen LogP contribution in [0.1, 0.15) is 38.7 Å². The number of hydrogen-bond donors (Lipinski definition) is 9. The standard InChI is InChI=1S/C26H40N8O5S/c1-14(2)10-20(23(36)32-19(25(38)39)8-5-9-30-26(28)29)34-24(37)21(33-22(35)17(27)13-40)11-15-12-31-18-7-4-3-6-16(15)18/h3-4,6-7,12,14,17,19-21,31,40H,5,8-11,13,27H2,1-2H3,(H,32,36)(H,33,35)(H,34,37)(H,38,39)(H4,28,29,30).